The van der Waals surface area contributed by atoms with Gasteiger partial charge < -0.3 is 9.73 Å². The Hall–Kier alpha value is -2.26. The fraction of sp³-hybridized carbons (Fsp3) is 0.389. The highest BCUT2D eigenvalue weighted by atomic mass is 32.2. The molecule has 0 bridgehead atoms. The monoisotopic (exact) mass is 343 g/mol. The quantitative estimate of drug-likeness (QED) is 0.870. The molecule has 24 heavy (non-hydrogen) atoms. The number of nitrogens with one attached hydrogen (secondary N) is 1. The zero-order chi connectivity index (χ0) is 17.6. The SMILES string of the molecule is CC(C)(C)c1cnc(CNC(=O)CSCc2ccc(C#N)cc2)o1. The molecule has 2 rings (SSSR count). The van der Waals surface area contributed by atoms with Gasteiger partial charge in [-0.2, -0.15) is 5.26 Å². The number of hydrogen-bond acceptors (Lipinski definition) is 5. The maximum Gasteiger partial charge on any atom is 0.230 e. The summed E-state index contributed by atoms with van der Waals surface area (Å²) in [4.78, 5) is 16.1. The number of nitriles is 1. The summed E-state index contributed by atoms with van der Waals surface area (Å²) in [5, 5.41) is 11.6. The largest absolute Gasteiger partial charge is 0.443 e. The molecule has 0 fully saturated rings. The first-order valence-corrected chi connectivity index (χ1v) is 8.82. The molecule has 0 aliphatic heterocycles. The summed E-state index contributed by atoms with van der Waals surface area (Å²) in [5.41, 5.74) is 1.64. The van der Waals surface area contributed by atoms with Gasteiger partial charge in [-0.25, -0.2) is 4.98 Å². The number of amides is 1. The van der Waals surface area contributed by atoms with Crippen molar-refractivity contribution in [1.29, 1.82) is 5.26 Å². The Morgan fingerprint density at radius 1 is 1.33 bits per heavy atom. The van der Waals surface area contributed by atoms with E-state index in [9.17, 15) is 4.79 Å². The highest BCUT2D eigenvalue weighted by Crippen LogP contribution is 2.22. The molecule has 0 atom stereocenters. The normalized spacial score (nSPS) is 11.1. The predicted molar refractivity (Wildman–Crippen MR) is 94.4 cm³/mol. The van der Waals surface area contributed by atoms with Crippen LogP contribution in [0.5, 0.6) is 0 Å². The minimum Gasteiger partial charge on any atom is -0.443 e. The zero-order valence-electron chi connectivity index (χ0n) is 14.1. The van der Waals surface area contributed by atoms with Gasteiger partial charge in [0.25, 0.3) is 0 Å². The van der Waals surface area contributed by atoms with E-state index in [4.69, 9.17) is 9.68 Å². The smallest absolute Gasteiger partial charge is 0.230 e. The van der Waals surface area contributed by atoms with Crippen molar-refractivity contribution in [1.82, 2.24) is 10.3 Å². The van der Waals surface area contributed by atoms with Gasteiger partial charge in [-0.15, -0.1) is 11.8 Å². The van der Waals surface area contributed by atoms with Crippen molar-refractivity contribution in [2.75, 3.05) is 5.75 Å². The highest BCUT2D eigenvalue weighted by Gasteiger charge is 2.19. The molecule has 0 unspecified atom stereocenters. The summed E-state index contributed by atoms with van der Waals surface area (Å²) in [6, 6.07) is 9.47. The van der Waals surface area contributed by atoms with Crippen LogP contribution in [0.4, 0.5) is 0 Å². The molecule has 1 N–H and O–H groups in total. The van der Waals surface area contributed by atoms with Gasteiger partial charge in [-0.1, -0.05) is 32.9 Å². The van der Waals surface area contributed by atoms with Crippen LogP contribution in [0.2, 0.25) is 0 Å². The Balaban J connectivity index is 1.71. The van der Waals surface area contributed by atoms with Gasteiger partial charge in [0, 0.05) is 11.2 Å². The third kappa shape index (κ3) is 5.43. The maximum atomic E-state index is 11.9. The molecule has 1 heterocycles. The number of oxazole rings is 1. The number of carbonyl (C=O) groups is 1. The molecule has 1 aromatic carbocycles. The van der Waals surface area contributed by atoms with Gasteiger partial charge >= 0.3 is 0 Å². The summed E-state index contributed by atoms with van der Waals surface area (Å²) in [5.74, 6) is 2.37. The lowest BCUT2D eigenvalue weighted by molar-refractivity contribution is -0.118. The number of rotatable bonds is 6. The van der Waals surface area contributed by atoms with Crippen LogP contribution in [0.25, 0.3) is 0 Å². The lowest BCUT2D eigenvalue weighted by Crippen LogP contribution is -2.24. The van der Waals surface area contributed by atoms with Crippen LogP contribution in [-0.4, -0.2) is 16.6 Å². The summed E-state index contributed by atoms with van der Waals surface area (Å²) >= 11 is 1.53. The van der Waals surface area contributed by atoms with Crippen LogP contribution in [0.3, 0.4) is 0 Å². The maximum absolute atomic E-state index is 11.9. The predicted octanol–water partition coefficient (Wildman–Crippen LogP) is 3.39. The van der Waals surface area contributed by atoms with E-state index in [-0.39, 0.29) is 11.3 Å². The molecule has 0 spiro atoms. The van der Waals surface area contributed by atoms with Gasteiger partial charge in [-0.3, -0.25) is 4.79 Å². The third-order valence-corrected chi connectivity index (χ3v) is 4.32. The molecule has 0 aliphatic carbocycles. The summed E-state index contributed by atoms with van der Waals surface area (Å²) in [6.07, 6.45) is 1.71. The summed E-state index contributed by atoms with van der Waals surface area (Å²) in [7, 11) is 0. The molecule has 0 saturated heterocycles. The second-order valence-corrected chi connectivity index (χ2v) is 7.43. The third-order valence-electron chi connectivity index (χ3n) is 3.31. The van der Waals surface area contributed by atoms with Crippen LogP contribution < -0.4 is 5.32 Å². The van der Waals surface area contributed by atoms with Crippen molar-refractivity contribution in [2.24, 2.45) is 0 Å². The van der Waals surface area contributed by atoms with E-state index in [0.29, 0.717) is 23.8 Å². The number of aromatic nitrogens is 1. The van der Waals surface area contributed by atoms with Crippen molar-refractivity contribution in [3.63, 3.8) is 0 Å². The van der Waals surface area contributed by atoms with Crippen LogP contribution in [0.15, 0.2) is 34.9 Å². The number of carbonyl (C=O) groups excluding carboxylic acids is 1. The number of nitrogens with zero attached hydrogens (tertiary/aromatic N) is 2. The molecule has 0 radical (unpaired) electrons. The Morgan fingerprint density at radius 2 is 2.04 bits per heavy atom. The van der Waals surface area contributed by atoms with Crippen molar-refractivity contribution in [3.8, 4) is 6.07 Å². The Labute approximate surface area is 146 Å². The Kier molecular flexibility index (Phi) is 6.04. The second-order valence-electron chi connectivity index (χ2n) is 6.45. The van der Waals surface area contributed by atoms with Gasteiger partial charge in [0.05, 0.1) is 30.1 Å². The molecule has 1 aromatic heterocycles. The summed E-state index contributed by atoms with van der Waals surface area (Å²) in [6.45, 7) is 6.45. The molecule has 0 saturated carbocycles. The number of benzene rings is 1. The van der Waals surface area contributed by atoms with E-state index in [0.717, 1.165) is 17.1 Å². The van der Waals surface area contributed by atoms with Gasteiger partial charge in [-0.05, 0) is 17.7 Å². The molecule has 2 aromatic rings. The van der Waals surface area contributed by atoms with E-state index in [1.165, 1.54) is 11.8 Å². The second kappa shape index (κ2) is 8.02. The van der Waals surface area contributed by atoms with Gasteiger partial charge in [0.1, 0.15) is 5.76 Å². The van der Waals surface area contributed by atoms with E-state index < -0.39 is 0 Å². The van der Waals surface area contributed by atoms with Crippen LogP contribution in [0, 0.1) is 11.3 Å². The van der Waals surface area contributed by atoms with Crippen molar-refractivity contribution in [3.05, 3.63) is 53.2 Å². The molecule has 126 valence electrons. The summed E-state index contributed by atoms with van der Waals surface area (Å²) < 4.78 is 5.64. The first-order valence-electron chi connectivity index (χ1n) is 7.67. The average Bonchev–Trinajstić information content (AvgIpc) is 3.03. The van der Waals surface area contributed by atoms with Crippen LogP contribution >= 0.6 is 11.8 Å². The van der Waals surface area contributed by atoms with Gasteiger partial charge in [0.2, 0.25) is 11.8 Å². The minimum atomic E-state index is -0.0911. The molecule has 1 amide bonds. The fourth-order valence-electron chi connectivity index (χ4n) is 1.90. The van der Waals surface area contributed by atoms with Crippen LogP contribution in [-0.2, 0) is 22.5 Å². The van der Waals surface area contributed by atoms with Crippen molar-refractivity contribution >= 4 is 17.7 Å². The topological polar surface area (TPSA) is 78.9 Å². The minimum absolute atomic E-state index is 0.0517. The van der Waals surface area contributed by atoms with E-state index in [1.807, 2.05) is 12.1 Å². The van der Waals surface area contributed by atoms with E-state index >= 15 is 0 Å². The molecule has 0 aliphatic rings. The zero-order valence-corrected chi connectivity index (χ0v) is 14.9. The first kappa shape index (κ1) is 18.1. The molecular formula is C18H21N3O2S. The average molecular weight is 343 g/mol. The van der Waals surface area contributed by atoms with E-state index in [2.05, 4.69) is 37.1 Å². The standard InChI is InChI=1S/C18H21N3O2S/c1-18(2,3)15-9-21-17(23-15)10-20-16(22)12-24-11-14-6-4-13(8-19)5-7-14/h4-7,9H,10-12H2,1-3H3,(H,20,22). The lowest BCUT2D eigenvalue weighted by atomic mass is 9.94. The molecule has 6 heteroatoms. The highest BCUT2D eigenvalue weighted by molar-refractivity contribution is 7.99. The fourth-order valence-corrected chi connectivity index (χ4v) is 2.72. The first-order chi connectivity index (χ1) is 11.4. The Bertz CT molecular complexity index is 724. The van der Waals surface area contributed by atoms with Crippen molar-refractivity contribution in [2.45, 2.75) is 38.5 Å². The Morgan fingerprint density at radius 3 is 2.62 bits per heavy atom. The number of hydrogen-bond donors (Lipinski definition) is 1. The lowest BCUT2D eigenvalue weighted by Gasteiger charge is -2.13. The van der Waals surface area contributed by atoms with E-state index in [1.54, 1.807) is 18.3 Å². The molecule has 5 nitrogen and oxygen atoms in total. The molecular weight excluding hydrogens is 322 g/mol. The van der Waals surface area contributed by atoms with Gasteiger partial charge in [0.15, 0.2) is 0 Å². The van der Waals surface area contributed by atoms with Crippen molar-refractivity contribution < 1.29 is 9.21 Å². The van der Waals surface area contributed by atoms with Crippen LogP contribution in [0.1, 0.15) is 43.5 Å². The number of thioether (sulfide) groups is 1.